The van der Waals surface area contributed by atoms with E-state index in [-0.39, 0.29) is 29.1 Å². The number of aromatic nitrogens is 1. The van der Waals surface area contributed by atoms with Crippen LogP contribution in [0.25, 0.3) is 10.6 Å². The summed E-state index contributed by atoms with van der Waals surface area (Å²) in [6, 6.07) is 14.1. The molecule has 10 heteroatoms. The summed E-state index contributed by atoms with van der Waals surface area (Å²) in [7, 11) is 0. The van der Waals surface area contributed by atoms with E-state index in [1.54, 1.807) is 29.6 Å². The van der Waals surface area contributed by atoms with Crippen molar-refractivity contribution >= 4 is 34.6 Å². The third kappa shape index (κ3) is 3.89. The third-order valence-electron chi connectivity index (χ3n) is 5.46. The fraction of sp³-hybridized carbons (Fsp3) is 0.0400. The van der Waals surface area contributed by atoms with Gasteiger partial charge in [-0.2, -0.15) is 0 Å². The zero-order chi connectivity index (χ0) is 24.7. The molecule has 1 aliphatic carbocycles. The number of hydrogen-bond donors (Lipinski definition) is 0. The number of nitro benzene ring substituents is 1. The van der Waals surface area contributed by atoms with E-state index < -0.39 is 39.3 Å². The molecule has 1 aliphatic rings. The first-order chi connectivity index (χ1) is 16.8. The Morgan fingerprint density at radius 2 is 1.66 bits per heavy atom. The number of thiazole rings is 1. The fourth-order valence-electron chi connectivity index (χ4n) is 3.84. The second-order valence-electron chi connectivity index (χ2n) is 7.57. The summed E-state index contributed by atoms with van der Waals surface area (Å²) in [5.41, 5.74) is -0.523. The van der Waals surface area contributed by atoms with Crippen molar-refractivity contribution in [3.05, 3.63) is 115 Å². The number of ether oxygens (including phenoxy) is 1. The minimum absolute atomic E-state index is 0.0365. The summed E-state index contributed by atoms with van der Waals surface area (Å²) in [5, 5.41) is 14.1. The van der Waals surface area contributed by atoms with Gasteiger partial charge in [0.1, 0.15) is 28.6 Å². The summed E-state index contributed by atoms with van der Waals surface area (Å²) in [4.78, 5) is 54.1. The molecule has 1 heterocycles. The topological polar surface area (TPSA) is 116 Å². The average Bonchev–Trinajstić information content (AvgIpc) is 3.34. The van der Waals surface area contributed by atoms with Gasteiger partial charge in [-0.15, -0.1) is 11.3 Å². The lowest BCUT2D eigenvalue weighted by Crippen LogP contribution is -2.23. The summed E-state index contributed by atoms with van der Waals surface area (Å²) in [6.07, 6.45) is 0. The first kappa shape index (κ1) is 22.2. The van der Waals surface area contributed by atoms with Crippen LogP contribution >= 0.6 is 11.3 Å². The lowest BCUT2D eigenvalue weighted by Gasteiger charge is -2.18. The molecule has 172 valence electrons. The molecule has 35 heavy (non-hydrogen) atoms. The van der Waals surface area contributed by atoms with Crippen molar-refractivity contribution in [2.75, 3.05) is 0 Å². The van der Waals surface area contributed by atoms with Crippen LogP contribution in [0.1, 0.15) is 47.9 Å². The molecule has 0 atom stereocenters. The number of halogens is 1. The zero-order valence-corrected chi connectivity index (χ0v) is 18.5. The number of nitro groups is 1. The number of hydrogen-bond acceptors (Lipinski definition) is 8. The second kappa shape index (κ2) is 8.65. The number of carbonyl (C=O) groups excluding carboxylic acids is 3. The van der Waals surface area contributed by atoms with E-state index in [4.69, 9.17) is 4.74 Å². The lowest BCUT2D eigenvalue weighted by atomic mass is 9.82. The first-order valence-electron chi connectivity index (χ1n) is 10.2. The third-order valence-corrected chi connectivity index (χ3v) is 6.40. The Kier molecular flexibility index (Phi) is 5.50. The van der Waals surface area contributed by atoms with E-state index in [1.165, 1.54) is 41.7 Å². The highest BCUT2D eigenvalue weighted by Crippen LogP contribution is 2.36. The largest absolute Gasteiger partial charge is 0.455 e. The van der Waals surface area contributed by atoms with Crippen molar-refractivity contribution in [1.29, 1.82) is 0 Å². The van der Waals surface area contributed by atoms with Crippen LogP contribution < -0.4 is 0 Å². The molecule has 0 aliphatic heterocycles. The summed E-state index contributed by atoms with van der Waals surface area (Å²) in [5.74, 6) is -2.65. The molecule has 3 aromatic carbocycles. The molecule has 0 fully saturated rings. The predicted octanol–water partition coefficient (Wildman–Crippen LogP) is 4.99. The Hall–Kier alpha value is -4.57. The molecule has 0 saturated carbocycles. The van der Waals surface area contributed by atoms with Gasteiger partial charge in [-0.1, -0.05) is 24.3 Å². The van der Waals surface area contributed by atoms with Gasteiger partial charge in [0.05, 0.1) is 10.6 Å². The maximum atomic E-state index is 13.1. The summed E-state index contributed by atoms with van der Waals surface area (Å²) < 4.78 is 18.4. The minimum Gasteiger partial charge on any atom is -0.455 e. The number of esters is 1. The number of benzene rings is 3. The van der Waals surface area contributed by atoms with Crippen molar-refractivity contribution in [2.45, 2.75) is 6.61 Å². The second-order valence-corrected chi connectivity index (χ2v) is 8.43. The van der Waals surface area contributed by atoms with Crippen LogP contribution in [0.5, 0.6) is 0 Å². The van der Waals surface area contributed by atoms with Gasteiger partial charge >= 0.3 is 5.97 Å². The Morgan fingerprint density at radius 1 is 0.971 bits per heavy atom. The Bertz CT molecular complexity index is 1540. The van der Waals surface area contributed by atoms with Crippen molar-refractivity contribution in [3.8, 4) is 10.6 Å². The van der Waals surface area contributed by atoms with Crippen LogP contribution in [0.2, 0.25) is 0 Å². The monoisotopic (exact) mass is 488 g/mol. The molecular weight excluding hydrogens is 475 g/mol. The van der Waals surface area contributed by atoms with Gasteiger partial charge in [-0.25, -0.2) is 14.2 Å². The van der Waals surface area contributed by atoms with E-state index in [0.29, 0.717) is 16.3 Å². The van der Waals surface area contributed by atoms with Gasteiger partial charge < -0.3 is 4.74 Å². The van der Waals surface area contributed by atoms with Crippen molar-refractivity contribution in [2.24, 2.45) is 0 Å². The van der Waals surface area contributed by atoms with E-state index in [1.807, 2.05) is 0 Å². The van der Waals surface area contributed by atoms with Crippen LogP contribution in [0, 0.1) is 15.9 Å². The van der Waals surface area contributed by atoms with Crippen LogP contribution in [0.4, 0.5) is 10.1 Å². The molecule has 0 saturated heterocycles. The SMILES string of the molecule is O=C1c2ccccc2C(=O)c2c1ccc(C(=O)OCc1csc(-c3ccc(F)cc3)n1)c2[N+](=O)[O-]. The average molecular weight is 488 g/mol. The molecule has 0 radical (unpaired) electrons. The number of carbonyl (C=O) groups is 3. The normalized spacial score (nSPS) is 12.1. The highest BCUT2D eigenvalue weighted by atomic mass is 32.1. The Balaban J connectivity index is 1.43. The highest BCUT2D eigenvalue weighted by molar-refractivity contribution is 7.13. The van der Waals surface area contributed by atoms with E-state index in [0.717, 1.165) is 6.07 Å². The van der Waals surface area contributed by atoms with Crippen LogP contribution in [0.3, 0.4) is 0 Å². The van der Waals surface area contributed by atoms with Gasteiger partial charge in [0.15, 0.2) is 5.78 Å². The standard InChI is InChI=1S/C25H13FN2O6S/c26-14-7-5-13(6-8-14)24-27-15(12-35-24)11-34-25(31)19-10-9-18-20(21(19)28(32)33)23(30)17-4-2-1-3-16(17)22(18)29/h1-10,12H,11H2. The minimum atomic E-state index is -1.03. The molecule has 4 aromatic rings. The maximum absolute atomic E-state index is 13.1. The fourth-order valence-corrected chi connectivity index (χ4v) is 4.65. The quantitative estimate of drug-likeness (QED) is 0.194. The van der Waals surface area contributed by atoms with Crippen LogP contribution in [-0.2, 0) is 11.3 Å². The van der Waals surface area contributed by atoms with E-state index in [9.17, 15) is 28.9 Å². The Morgan fingerprint density at radius 3 is 2.34 bits per heavy atom. The van der Waals surface area contributed by atoms with E-state index >= 15 is 0 Å². The molecule has 8 nitrogen and oxygen atoms in total. The number of fused-ring (bicyclic) bond motifs is 2. The zero-order valence-electron chi connectivity index (χ0n) is 17.7. The summed E-state index contributed by atoms with van der Waals surface area (Å²) >= 11 is 1.26. The van der Waals surface area contributed by atoms with Gasteiger partial charge in [-0.05, 0) is 36.4 Å². The van der Waals surface area contributed by atoms with Gasteiger partial charge in [0, 0.05) is 27.6 Å². The van der Waals surface area contributed by atoms with Gasteiger partial charge in [-0.3, -0.25) is 19.7 Å². The molecule has 0 bridgehead atoms. The molecule has 1 aromatic heterocycles. The molecule has 0 N–H and O–H groups in total. The predicted molar refractivity (Wildman–Crippen MR) is 123 cm³/mol. The molecule has 0 spiro atoms. The highest BCUT2D eigenvalue weighted by Gasteiger charge is 2.39. The molecular formula is C25H13FN2O6S. The first-order valence-corrected chi connectivity index (χ1v) is 11.1. The van der Waals surface area contributed by atoms with Gasteiger partial charge in [0.25, 0.3) is 5.69 Å². The smallest absolute Gasteiger partial charge is 0.345 e. The number of rotatable bonds is 5. The van der Waals surface area contributed by atoms with Crippen molar-refractivity contribution in [1.82, 2.24) is 4.98 Å². The Labute approximate surface area is 200 Å². The summed E-state index contributed by atoms with van der Waals surface area (Å²) in [6.45, 7) is -0.277. The maximum Gasteiger partial charge on any atom is 0.345 e. The van der Waals surface area contributed by atoms with Crippen LogP contribution in [0.15, 0.2) is 66.0 Å². The van der Waals surface area contributed by atoms with Crippen molar-refractivity contribution < 1.29 is 28.4 Å². The molecule has 5 rings (SSSR count). The number of ketones is 2. The van der Waals surface area contributed by atoms with E-state index in [2.05, 4.69) is 4.98 Å². The number of nitrogens with zero attached hydrogens (tertiary/aromatic N) is 2. The van der Waals surface area contributed by atoms with Crippen molar-refractivity contribution in [3.63, 3.8) is 0 Å². The van der Waals surface area contributed by atoms with Gasteiger partial charge in [0.2, 0.25) is 5.78 Å². The molecule has 0 unspecified atom stereocenters. The van der Waals surface area contributed by atoms with Crippen LogP contribution in [-0.4, -0.2) is 27.4 Å². The molecule has 0 amide bonds. The lowest BCUT2D eigenvalue weighted by molar-refractivity contribution is -0.385.